The molecule has 0 aliphatic rings. The van der Waals surface area contributed by atoms with Crippen LogP contribution in [0.2, 0.25) is 5.02 Å². The first-order chi connectivity index (χ1) is 8.20. The molecule has 6 heteroatoms. The number of nitrogens with zero attached hydrogens (tertiary/aromatic N) is 3. The lowest BCUT2D eigenvalue weighted by molar-refractivity contribution is 0.279. The molecular formula is C11H12ClN3O2. The average Bonchev–Trinajstić information content (AvgIpc) is 2.73. The van der Waals surface area contributed by atoms with Crippen LogP contribution >= 0.6 is 11.6 Å². The quantitative estimate of drug-likeness (QED) is 0.898. The van der Waals surface area contributed by atoms with Crippen LogP contribution in [0.1, 0.15) is 11.4 Å². The van der Waals surface area contributed by atoms with Crippen molar-refractivity contribution in [1.29, 1.82) is 0 Å². The van der Waals surface area contributed by atoms with Gasteiger partial charge in [-0.3, -0.25) is 4.68 Å². The molecule has 1 aromatic carbocycles. The van der Waals surface area contributed by atoms with Gasteiger partial charge < -0.3 is 9.84 Å². The summed E-state index contributed by atoms with van der Waals surface area (Å²) in [6.07, 6.45) is 1.47. The van der Waals surface area contributed by atoms with Gasteiger partial charge in [-0.25, -0.2) is 4.98 Å². The molecule has 17 heavy (non-hydrogen) atoms. The van der Waals surface area contributed by atoms with Gasteiger partial charge in [0.2, 0.25) is 0 Å². The van der Waals surface area contributed by atoms with Crippen LogP contribution in [0.15, 0.2) is 24.5 Å². The summed E-state index contributed by atoms with van der Waals surface area (Å²) in [6.45, 7) is 0.262. The molecule has 0 saturated heterocycles. The fourth-order valence-electron chi connectivity index (χ4n) is 1.35. The number of aliphatic hydroxyl groups excluding tert-OH is 1. The number of aryl methyl sites for hydroxylation is 1. The Morgan fingerprint density at radius 1 is 1.47 bits per heavy atom. The molecule has 0 saturated carbocycles. The number of hydrogen-bond donors (Lipinski definition) is 1. The molecule has 0 atom stereocenters. The molecule has 1 N–H and O–H groups in total. The molecule has 1 aromatic heterocycles. The van der Waals surface area contributed by atoms with Crippen molar-refractivity contribution in [3.8, 4) is 5.75 Å². The van der Waals surface area contributed by atoms with Gasteiger partial charge in [-0.1, -0.05) is 17.7 Å². The summed E-state index contributed by atoms with van der Waals surface area (Å²) in [5.41, 5.74) is 0.751. The smallest absolute Gasteiger partial charge is 0.164 e. The third-order valence-electron chi connectivity index (χ3n) is 2.34. The van der Waals surface area contributed by atoms with Crippen LogP contribution in [-0.2, 0) is 20.3 Å². The predicted molar refractivity (Wildman–Crippen MR) is 62.7 cm³/mol. The lowest BCUT2D eigenvalue weighted by Gasteiger charge is -2.08. The first kappa shape index (κ1) is 11.9. The highest BCUT2D eigenvalue weighted by Crippen LogP contribution is 2.26. The zero-order valence-corrected chi connectivity index (χ0v) is 10.1. The van der Waals surface area contributed by atoms with Crippen LogP contribution in [0.5, 0.6) is 5.75 Å². The number of halogens is 1. The van der Waals surface area contributed by atoms with Crippen LogP contribution in [0.3, 0.4) is 0 Å². The molecule has 0 spiro atoms. The largest absolute Gasteiger partial charge is 0.484 e. The third-order valence-corrected chi connectivity index (χ3v) is 2.64. The Morgan fingerprint density at radius 3 is 2.88 bits per heavy atom. The summed E-state index contributed by atoms with van der Waals surface area (Å²) in [6, 6.07) is 5.16. The molecule has 2 aromatic rings. The van der Waals surface area contributed by atoms with E-state index in [0.29, 0.717) is 23.2 Å². The van der Waals surface area contributed by atoms with E-state index in [2.05, 4.69) is 10.1 Å². The van der Waals surface area contributed by atoms with Gasteiger partial charge in [-0.15, -0.1) is 0 Å². The van der Waals surface area contributed by atoms with E-state index in [1.807, 2.05) is 0 Å². The second-order valence-corrected chi connectivity index (χ2v) is 3.92. The van der Waals surface area contributed by atoms with Crippen molar-refractivity contribution < 1.29 is 9.84 Å². The molecular weight excluding hydrogens is 242 g/mol. The fraction of sp³-hybridized carbons (Fsp3) is 0.273. The summed E-state index contributed by atoms with van der Waals surface area (Å²) in [5.74, 6) is 1.28. The molecule has 1 heterocycles. The summed E-state index contributed by atoms with van der Waals surface area (Å²) in [7, 11) is 1.79. The van der Waals surface area contributed by atoms with E-state index in [4.69, 9.17) is 21.4 Å². The number of rotatable bonds is 4. The normalized spacial score (nSPS) is 10.5. The van der Waals surface area contributed by atoms with Gasteiger partial charge in [-0.2, -0.15) is 5.10 Å². The average molecular weight is 254 g/mol. The second kappa shape index (κ2) is 5.16. The molecule has 5 nitrogen and oxygen atoms in total. The Hall–Kier alpha value is -1.59. The highest BCUT2D eigenvalue weighted by Gasteiger charge is 2.05. The summed E-state index contributed by atoms with van der Waals surface area (Å²) in [5, 5.41) is 13.4. The SMILES string of the molecule is Cn1ncnc1COc1ccc(CO)cc1Cl. The van der Waals surface area contributed by atoms with Crippen LogP contribution in [0, 0.1) is 0 Å². The van der Waals surface area contributed by atoms with Crippen molar-refractivity contribution in [3.63, 3.8) is 0 Å². The fourth-order valence-corrected chi connectivity index (χ4v) is 1.61. The molecule has 0 unspecified atom stereocenters. The molecule has 0 bridgehead atoms. The van der Waals surface area contributed by atoms with E-state index in [0.717, 1.165) is 5.56 Å². The lowest BCUT2D eigenvalue weighted by atomic mass is 10.2. The highest BCUT2D eigenvalue weighted by molar-refractivity contribution is 6.32. The number of benzene rings is 1. The van der Waals surface area contributed by atoms with E-state index in [-0.39, 0.29) is 6.61 Å². The van der Waals surface area contributed by atoms with Crippen molar-refractivity contribution in [2.24, 2.45) is 7.05 Å². The summed E-state index contributed by atoms with van der Waals surface area (Å²) < 4.78 is 7.16. The van der Waals surface area contributed by atoms with E-state index in [1.54, 1.807) is 29.9 Å². The maximum Gasteiger partial charge on any atom is 0.164 e. The van der Waals surface area contributed by atoms with Crippen LogP contribution in [0.25, 0.3) is 0 Å². The Labute approximate surface area is 104 Å². The number of aromatic nitrogens is 3. The maximum atomic E-state index is 8.95. The Bertz CT molecular complexity index is 513. The monoisotopic (exact) mass is 253 g/mol. The second-order valence-electron chi connectivity index (χ2n) is 3.51. The highest BCUT2D eigenvalue weighted by atomic mass is 35.5. The summed E-state index contributed by atoms with van der Waals surface area (Å²) >= 11 is 6.01. The third kappa shape index (κ3) is 2.75. The van der Waals surface area contributed by atoms with Gasteiger partial charge >= 0.3 is 0 Å². The first-order valence-corrected chi connectivity index (χ1v) is 5.43. The minimum absolute atomic E-state index is 0.0384. The Morgan fingerprint density at radius 2 is 2.29 bits per heavy atom. The molecule has 0 radical (unpaired) electrons. The van der Waals surface area contributed by atoms with Crippen molar-refractivity contribution >= 4 is 11.6 Å². The van der Waals surface area contributed by atoms with Crippen LogP contribution < -0.4 is 4.74 Å². The van der Waals surface area contributed by atoms with Gasteiger partial charge in [-0.05, 0) is 17.7 Å². The van der Waals surface area contributed by atoms with Crippen LogP contribution in [-0.4, -0.2) is 19.9 Å². The number of ether oxygens (including phenoxy) is 1. The van der Waals surface area contributed by atoms with Gasteiger partial charge in [0, 0.05) is 7.05 Å². The predicted octanol–water partition coefficient (Wildman–Crippen LogP) is 1.54. The Balaban J connectivity index is 2.07. The van der Waals surface area contributed by atoms with E-state index >= 15 is 0 Å². The molecule has 0 fully saturated rings. The molecule has 0 aliphatic heterocycles. The van der Waals surface area contributed by atoms with Crippen molar-refractivity contribution in [3.05, 3.63) is 40.9 Å². The van der Waals surface area contributed by atoms with Gasteiger partial charge in [0.1, 0.15) is 18.7 Å². The minimum Gasteiger partial charge on any atom is -0.484 e. The van der Waals surface area contributed by atoms with Crippen molar-refractivity contribution in [2.75, 3.05) is 0 Å². The first-order valence-electron chi connectivity index (χ1n) is 5.05. The topological polar surface area (TPSA) is 60.2 Å². The Kier molecular flexibility index (Phi) is 3.61. The molecule has 90 valence electrons. The van der Waals surface area contributed by atoms with Gasteiger partial charge in [0.15, 0.2) is 5.82 Å². The van der Waals surface area contributed by atoms with Crippen LogP contribution in [0.4, 0.5) is 0 Å². The zero-order valence-electron chi connectivity index (χ0n) is 9.30. The standard InChI is InChI=1S/C11H12ClN3O2/c1-15-11(13-7-14-15)6-17-10-3-2-8(5-16)4-9(10)12/h2-4,7,16H,5-6H2,1H3. The molecule has 2 rings (SSSR count). The van der Waals surface area contributed by atoms with E-state index in [9.17, 15) is 0 Å². The minimum atomic E-state index is -0.0384. The number of hydrogen-bond acceptors (Lipinski definition) is 4. The van der Waals surface area contributed by atoms with Gasteiger partial charge in [0.05, 0.1) is 11.6 Å². The maximum absolute atomic E-state index is 8.95. The molecule has 0 amide bonds. The number of aliphatic hydroxyl groups is 1. The zero-order chi connectivity index (χ0) is 12.3. The summed E-state index contributed by atoms with van der Waals surface area (Å²) in [4.78, 5) is 4.04. The molecule has 0 aliphatic carbocycles. The van der Waals surface area contributed by atoms with E-state index in [1.165, 1.54) is 6.33 Å². The van der Waals surface area contributed by atoms with Crippen molar-refractivity contribution in [1.82, 2.24) is 14.8 Å². The lowest BCUT2D eigenvalue weighted by Crippen LogP contribution is -2.04. The van der Waals surface area contributed by atoms with Crippen molar-refractivity contribution in [2.45, 2.75) is 13.2 Å². The van der Waals surface area contributed by atoms with Gasteiger partial charge in [0.25, 0.3) is 0 Å². The van der Waals surface area contributed by atoms with E-state index < -0.39 is 0 Å².